The second-order valence-electron chi connectivity index (χ2n) is 10.5. The first-order valence-electron chi connectivity index (χ1n) is 17.2. The Kier molecular flexibility index (Phi) is 50.7. The zero-order chi connectivity index (χ0) is 47.0. The number of halogens is 1. The molecule has 1 aromatic heterocycles. The van der Waals surface area contributed by atoms with Gasteiger partial charge in [-0.15, -0.1) is 0 Å². The van der Waals surface area contributed by atoms with Crippen molar-refractivity contribution in [3.05, 3.63) is 59.8 Å². The topological polar surface area (TPSA) is 276 Å². The fourth-order valence-electron chi connectivity index (χ4n) is 2.67. The molecule has 1 unspecified atom stereocenters. The molecule has 3 amide bonds. The van der Waals surface area contributed by atoms with Crippen LogP contribution >= 0.6 is 11.6 Å². The number of ether oxygens (including phenoxy) is 4. The van der Waals surface area contributed by atoms with E-state index in [-0.39, 0.29) is 59.4 Å². The van der Waals surface area contributed by atoms with Crippen molar-refractivity contribution in [3.63, 3.8) is 0 Å². The van der Waals surface area contributed by atoms with Gasteiger partial charge in [-0.1, -0.05) is 30.6 Å². The fourth-order valence-corrected chi connectivity index (χ4v) is 2.79. The van der Waals surface area contributed by atoms with Crippen molar-refractivity contribution in [2.24, 2.45) is 18.1 Å². The maximum atomic E-state index is 10.8. The number of esters is 1. The number of oxime groups is 1. The average Bonchev–Trinajstić information content (AvgIpc) is 3.77. The van der Waals surface area contributed by atoms with Crippen LogP contribution in [0.5, 0.6) is 5.75 Å². The molecule has 2 aromatic rings. The molecule has 340 valence electrons. The van der Waals surface area contributed by atoms with Gasteiger partial charge in [0.15, 0.2) is 0 Å². The summed E-state index contributed by atoms with van der Waals surface area (Å²) in [5.74, 6) is 0.815. The zero-order valence-electron chi connectivity index (χ0n) is 37.3. The van der Waals surface area contributed by atoms with Crippen LogP contribution in [-0.4, -0.2) is 137 Å². The number of nitrogens with one attached hydrogen (secondary N) is 1. The molecule has 3 rings (SSSR count). The minimum atomic E-state index is -4.41. The number of nitrogens with zero attached hydrogens (tertiary/aromatic N) is 4. The number of aromatic nitrogens is 2. The van der Waals surface area contributed by atoms with Crippen molar-refractivity contribution in [2.45, 2.75) is 54.4 Å². The number of aryl methyl sites for hydroxylation is 1. The number of carbonyl (C=O) groups excluding carboxylic acids is 4. The molecule has 3 N–H and O–H groups in total. The summed E-state index contributed by atoms with van der Waals surface area (Å²) >= 11 is 5.61. The van der Waals surface area contributed by atoms with Gasteiger partial charge in [-0.25, -0.2) is 23.0 Å². The molecule has 0 spiro atoms. The Labute approximate surface area is 382 Å². The van der Waals surface area contributed by atoms with Crippen molar-refractivity contribution >= 4 is 58.9 Å². The van der Waals surface area contributed by atoms with Crippen LogP contribution in [0.25, 0.3) is 0 Å². The number of imidazole rings is 1. The summed E-state index contributed by atoms with van der Waals surface area (Å²) in [5, 5.41) is 22.1. The quantitative estimate of drug-likeness (QED) is 0.0353. The monoisotopic (exact) mass is 909 g/mol. The van der Waals surface area contributed by atoms with E-state index in [4.69, 9.17) is 31.1 Å². The van der Waals surface area contributed by atoms with E-state index in [0.29, 0.717) is 25.4 Å². The predicted molar refractivity (Wildman–Crippen MR) is 221 cm³/mol. The maximum Gasteiger partial charge on any atom is 1.00 e. The Bertz CT molecular complexity index is 1540. The van der Waals surface area contributed by atoms with Crippen LogP contribution in [0.15, 0.2) is 60.0 Å². The number of benzene rings is 1. The normalized spacial score (nSPS) is 12.3. The number of carbonyl (C=O) groups is 4. The van der Waals surface area contributed by atoms with Gasteiger partial charge in [-0.05, 0) is 58.4 Å². The predicted octanol–water partition coefficient (Wildman–Crippen LogP) is 0.360. The summed E-state index contributed by atoms with van der Waals surface area (Å²) in [6, 6.07) is 7.23. The molecule has 0 bridgehead atoms. The number of methoxy groups -OCH3 is 2. The minimum absolute atomic E-state index is 0. The molecule has 1 atom stereocenters. The van der Waals surface area contributed by atoms with Gasteiger partial charge in [0, 0.05) is 58.0 Å². The van der Waals surface area contributed by atoms with Crippen molar-refractivity contribution in [1.29, 1.82) is 0 Å². The molecule has 1 saturated heterocycles. The molecule has 1 aromatic carbocycles. The summed E-state index contributed by atoms with van der Waals surface area (Å²) < 4.78 is 55.5. The van der Waals surface area contributed by atoms with E-state index in [1.54, 1.807) is 66.6 Å². The number of hydrogen-bond donors (Lipinski definition) is 3. The Hall–Kier alpha value is -3.78. The Balaban J connectivity index is -0.000000140. The summed E-state index contributed by atoms with van der Waals surface area (Å²) in [6.07, 6.45) is 7.68. The number of imide groups is 1. The molecule has 0 radical (unpaired) electrons. The molecule has 25 heteroatoms. The Morgan fingerprint density at radius 3 is 1.73 bits per heavy atom. The van der Waals surface area contributed by atoms with Crippen LogP contribution in [0.1, 0.15) is 54.4 Å². The summed E-state index contributed by atoms with van der Waals surface area (Å²) in [6.45, 7) is 11.8. The van der Waals surface area contributed by atoms with E-state index in [2.05, 4.69) is 38.6 Å². The van der Waals surface area contributed by atoms with Crippen molar-refractivity contribution in [2.75, 3.05) is 62.9 Å². The molecule has 1 aliphatic heterocycles. The van der Waals surface area contributed by atoms with E-state index < -0.39 is 17.7 Å². The molecule has 60 heavy (non-hydrogen) atoms. The van der Waals surface area contributed by atoms with Gasteiger partial charge in [-0.2, -0.15) is 0 Å². The number of alkyl carbamates (subject to hydrolysis) is 1. The SMILES string of the molecule is CC/C(C)=N\OC.CC1CC(=O)N(C)C1=O.CCOC(=O)/C=C(\C)OC.CCOC(=O)NC.COB(O)O.COS(=O)(=O)[O-].COc1ccc(Cl)cc1.Cn1ccnc1.[Na+]. The van der Waals surface area contributed by atoms with Gasteiger partial charge in [0.25, 0.3) is 0 Å². The van der Waals surface area contributed by atoms with Gasteiger partial charge >= 0.3 is 48.9 Å². The summed E-state index contributed by atoms with van der Waals surface area (Å²) in [5.41, 5.74) is 1.03. The van der Waals surface area contributed by atoms with E-state index in [9.17, 15) is 32.1 Å². The van der Waals surface area contributed by atoms with Crippen LogP contribution in [-0.2, 0) is 59.7 Å². The van der Waals surface area contributed by atoms with Crippen LogP contribution in [0.4, 0.5) is 4.79 Å². The third-order valence-electron chi connectivity index (χ3n) is 5.88. The molecular formula is C35H62BClN5NaO16S. The number of hydrogen-bond acceptors (Lipinski definition) is 18. The standard InChI is InChI=1S/C7H7ClO.C7H12O3.C6H9NO2.C5H11NO.C4H6N2.C4H9NO2.CH5BO3.CH4O4S.Na/c1-9-7-4-2-6(8)3-5-7;1-4-10-7(8)5-6(2)9-3;1-4-3-5(8)7(2)6(4)9;1-4-5(2)6-7-3;1-6-3-2-5-4-6;1-3-7-4(6)5-2;1-5-2(3)4;1-5-6(2,3)4;/h2-5H,1H3;5H,4H2,1-3H3;4H,3H2,1-2H3;4H2,1-3H3;2-4H,1H3;3H2,1-2H3,(H,5,6);3-4H,1H3;1H3,(H,2,3,4);/q;;;;;;;;+1/p-1/b;6-5+;;6-5-;;;;;. The second-order valence-corrected chi connectivity index (χ2v) is 12.0. The minimum Gasteiger partial charge on any atom is -0.726 e. The largest absolute Gasteiger partial charge is 1.00 e. The number of likely N-dealkylation sites (tertiary alicyclic amines) is 1. The van der Waals surface area contributed by atoms with Gasteiger partial charge in [0.1, 0.15) is 12.9 Å². The number of allylic oxidation sites excluding steroid dienone is 1. The first-order valence-corrected chi connectivity index (χ1v) is 18.9. The van der Waals surface area contributed by atoms with Crippen LogP contribution in [0.3, 0.4) is 0 Å². The second kappa shape index (κ2) is 44.8. The first-order chi connectivity index (χ1) is 27.5. The van der Waals surface area contributed by atoms with Crippen molar-refractivity contribution < 1.29 is 104 Å². The van der Waals surface area contributed by atoms with Crippen LogP contribution < -0.4 is 39.6 Å². The summed E-state index contributed by atoms with van der Waals surface area (Å²) in [7, 11) is 5.65. The first kappa shape index (κ1) is 68.0. The van der Waals surface area contributed by atoms with E-state index >= 15 is 0 Å². The molecular weight excluding hydrogens is 848 g/mol. The fraction of sp³-hybridized carbons (Fsp3) is 0.543. The third kappa shape index (κ3) is 50.4. The Morgan fingerprint density at radius 1 is 1.03 bits per heavy atom. The smallest absolute Gasteiger partial charge is 0.726 e. The van der Waals surface area contributed by atoms with Gasteiger partial charge in [-0.3, -0.25) is 18.7 Å². The van der Waals surface area contributed by atoms with Gasteiger partial charge in [0.05, 0.1) is 58.4 Å². The molecule has 0 aliphatic carbocycles. The number of rotatable bonds is 9. The van der Waals surface area contributed by atoms with Gasteiger partial charge in [0.2, 0.25) is 22.2 Å². The van der Waals surface area contributed by atoms with Gasteiger partial charge < -0.3 is 52.9 Å². The summed E-state index contributed by atoms with van der Waals surface area (Å²) in [4.78, 5) is 51.7. The van der Waals surface area contributed by atoms with Crippen molar-refractivity contribution in [3.8, 4) is 5.75 Å². The van der Waals surface area contributed by atoms with Crippen LogP contribution in [0.2, 0.25) is 5.02 Å². The average molecular weight is 910 g/mol. The third-order valence-corrected chi connectivity index (χ3v) is 6.54. The van der Waals surface area contributed by atoms with Crippen molar-refractivity contribution in [1.82, 2.24) is 19.8 Å². The van der Waals surface area contributed by atoms with E-state index in [0.717, 1.165) is 30.0 Å². The molecule has 21 nitrogen and oxygen atoms in total. The molecule has 1 aliphatic rings. The number of amides is 3. The molecule has 2 heterocycles. The van der Waals surface area contributed by atoms with E-state index in [1.165, 1.54) is 39.3 Å². The molecule has 0 saturated carbocycles. The maximum absolute atomic E-state index is 10.8. The van der Waals surface area contributed by atoms with E-state index in [1.807, 2.05) is 43.8 Å². The Morgan fingerprint density at radius 2 is 1.53 bits per heavy atom. The van der Waals surface area contributed by atoms with Crippen LogP contribution in [0, 0.1) is 5.92 Å². The molecule has 1 fully saturated rings. The zero-order valence-corrected chi connectivity index (χ0v) is 40.9.